The molecule has 1 N–H and O–H groups in total. The summed E-state index contributed by atoms with van der Waals surface area (Å²) in [7, 11) is -0.125. The lowest BCUT2D eigenvalue weighted by Gasteiger charge is -2.11. The number of rotatable bonds is 5. The van der Waals surface area contributed by atoms with Crippen LogP contribution in [0.3, 0.4) is 0 Å². The molecule has 0 saturated heterocycles. The average Bonchev–Trinajstić information content (AvgIpc) is 2.95. The van der Waals surface area contributed by atoms with Gasteiger partial charge in [-0.1, -0.05) is 18.2 Å². The fraction of sp³-hybridized carbons (Fsp3) is 0.214. The average molecular weight is 324 g/mol. The number of amides is 1. The van der Waals surface area contributed by atoms with Gasteiger partial charge in [-0.15, -0.1) is 11.3 Å². The van der Waals surface area contributed by atoms with Gasteiger partial charge in [0.05, 0.1) is 6.42 Å². The van der Waals surface area contributed by atoms with Crippen molar-refractivity contribution in [1.29, 1.82) is 0 Å². The van der Waals surface area contributed by atoms with Crippen LogP contribution in [0.25, 0.3) is 0 Å². The predicted molar refractivity (Wildman–Crippen MR) is 84.0 cm³/mol. The first-order valence-electron chi connectivity index (χ1n) is 6.24. The molecule has 0 fully saturated rings. The molecule has 1 amide bonds. The summed E-state index contributed by atoms with van der Waals surface area (Å²) in [5.41, 5.74) is 1.32. The molecule has 0 bridgehead atoms. The number of carbonyl (C=O) groups excluding carboxylic acids is 1. The molecule has 0 aliphatic carbocycles. The Morgan fingerprint density at radius 2 is 1.86 bits per heavy atom. The number of thiophene rings is 1. The van der Waals surface area contributed by atoms with Crippen LogP contribution < -0.4 is 4.72 Å². The highest BCUT2D eigenvalue weighted by molar-refractivity contribution is 7.94. The van der Waals surface area contributed by atoms with Gasteiger partial charge in [-0.25, -0.2) is 8.42 Å². The number of benzene rings is 1. The summed E-state index contributed by atoms with van der Waals surface area (Å²) in [5, 5.41) is 1.71. The molecule has 0 spiro atoms. The summed E-state index contributed by atoms with van der Waals surface area (Å²) >= 11 is 1.16. The zero-order chi connectivity index (χ0) is 15.5. The van der Waals surface area contributed by atoms with Gasteiger partial charge in [-0.05, 0) is 29.1 Å². The van der Waals surface area contributed by atoms with Gasteiger partial charge in [0.1, 0.15) is 4.21 Å². The summed E-state index contributed by atoms with van der Waals surface area (Å²) in [6.45, 7) is 0. The molecule has 1 heterocycles. The van der Waals surface area contributed by atoms with Gasteiger partial charge < -0.3 is 4.90 Å². The van der Waals surface area contributed by atoms with E-state index in [1.54, 1.807) is 55.9 Å². The van der Waals surface area contributed by atoms with Gasteiger partial charge in [0.2, 0.25) is 5.91 Å². The highest BCUT2D eigenvalue weighted by atomic mass is 32.2. The van der Waals surface area contributed by atoms with Crippen molar-refractivity contribution in [1.82, 2.24) is 4.90 Å². The third-order valence-electron chi connectivity index (χ3n) is 2.82. The Kier molecular flexibility index (Phi) is 4.64. The smallest absolute Gasteiger partial charge is 0.271 e. The molecule has 2 aromatic rings. The number of hydrogen-bond donors (Lipinski definition) is 1. The zero-order valence-electron chi connectivity index (χ0n) is 11.7. The SMILES string of the molecule is CN(C)C(=O)Cc1ccc(NS(=O)(=O)c2cccs2)cc1. The van der Waals surface area contributed by atoms with Crippen molar-refractivity contribution in [3.63, 3.8) is 0 Å². The van der Waals surface area contributed by atoms with Crippen molar-refractivity contribution < 1.29 is 13.2 Å². The molecule has 2 rings (SSSR count). The normalized spacial score (nSPS) is 11.1. The second kappa shape index (κ2) is 6.28. The van der Waals surface area contributed by atoms with Crippen molar-refractivity contribution in [2.45, 2.75) is 10.6 Å². The lowest BCUT2D eigenvalue weighted by Crippen LogP contribution is -2.23. The molecule has 1 aromatic carbocycles. The Bertz CT molecular complexity index is 705. The second-order valence-corrected chi connectivity index (χ2v) is 7.56. The van der Waals surface area contributed by atoms with Gasteiger partial charge in [0.15, 0.2) is 0 Å². The Balaban J connectivity index is 2.08. The summed E-state index contributed by atoms with van der Waals surface area (Å²) < 4.78 is 26.9. The van der Waals surface area contributed by atoms with E-state index >= 15 is 0 Å². The Morgan fingerprint density at radius 1 is 1.19 bits per heavy atom. The maximum atomic E-state index is 12.1. The van der Waals surface area contributed by atoms with Crippen LogP contribution in [0.15, 0.2) is 46.0 Å². The maximum Gasteiger partial charge on any atom is 0.271 e. The molecule has 0 aliphatic rings. The predicted octanol–water partition coefficient (Wildman–Crippen LogP) is 2.18. The summed E-state index contributed by atoms with van der Waals surface area (Å²) in [6.07, 6.45) is 0.297. The first-order chi connectivity index (χ1) is 9.88. The highest BCUT2D eigenvalue weighted by Gasteiger charge is 2.15. The third kappa shape index (κ3) is 4.05. The van der Waals surface area contributed by atoms with E-state index in [0.29, 0.717) is 12.1 Å². The Morgan fingerprint density at radius 3 is 2.38 bits per heavy atom. The second-order valence-electron chi connectivity index (χ2n) is 4.70. The van der Waals surface area contributed by atoms with E-state index < -0.39 is 10.0 Å². The molecular weight excluding hydrogens is 308 g/mol. The fourth-order valence-electron chi connectivity index (χ4n) is 1.65. The van der Waals surface area contributed by atoms with E-state index in [-0.39, 0.29) is 10.1 Å². The van der Waals surface area contributed by atoms with Gasteiger partial charge in [0, 0.05) is 19.8 Å². The molecular formula is C14H16N2O3S2. The minimum atomic E-state index is -3.53. The number of anilines is 1. The summed E-state index contributed by atoms with van der Waals surface area (Å²) in [5.74, 6) is 0.00177. The topological polar surface area (TPSA) is 66.5 Å². The summed E-state index contributed by atoms with van der Waals surface area (Å²) in [4.78, 5) is 13.1. The van der Waals surface area contributed by atoms with E-state index in [2.05, 4.69) is 4.72 Å². The van der Waals surface area contributed by atoms with Crippen LogP contribution in [0.1, 0.15) is 5.56 Å². The number of nitrogens with one attached hydrogen (secondary N) is 1. The van der Waals surface area contributed by atoms with E-state index in [1.807, 2.05) is 0 Å². The van der Waals surface area contributed by atoms with Crippen LogP contribution in [-0.4, -0.2) is 33.3 Å². The van der Waals surface area contributed by atoms with Crippen LogP contribution in [0.5, 0.6) is 0 Å². The monoisotopic (exact) mass is 324 g/mol. The number of hydrogen-bond acceptors (Lipinski definition) is 4. The lowest BCUT2D eigenvalue weighted by molar-refractivity contribution is -0.127. The number of sulfonamides is 1. The van der Waals surface area contributed by atoms with Crippen LogP contribution in [-0.2, 0) is 21.2 Å². The fourth-order valence-corrected chi connectivity index (χ4v) is 3.70. The van der Waals surface area contributed by atoms with Crippen LogP contribution in [0.2, 0.25) is 0 Å². The molecule has 0 radical (unpaired) electrons. The van der Waals surface area contributed by atoms with E-state index in [4.69, 9.17) is 0 Å². The molecule has 0 atom stereocenters. The maximum absolute atomic E-state index is 12.1. The van der Waals surface area contributed by atoms with Gasteiger partial charge >= 0.3 is 0 Å². The van der Waals surface area contributed by atoms with E-state index in [9.17, 15) is 13.2 Å². The van der Waals surface area contributed by atoms with Gasteiger partial charge in [-0.3, -0.25) is 9.52 Å². The van der Waals surface area contributed by atoms with Crippen LogP contribution >= 0.6 is 11.3 Å². The molecule has 1 aromatic heterocycles. The minimum absolute atomic E-state index is 0.00177. The molecule has 0 unspecified atom stereocenters. The highest BCUT2D eigenvalue weighted by Crippen LogP contribution is 2.20. The van der Waals surface area contributed by atoms with E-state index in [1.165, 1.54) is 4.90 Å². The molecule has 112 valence electrons. The van der Waals surface area contributed by atoms with Crippen LogP contribution in [0, 0.1) is 0 Å². The number of likely N-dealkylation sites (N-methyl/N-ethyl adjacent to an activating group) is 1. The summed E-state index contributed by atoms with van der Waals surface area (Å²) in [6, 6.07) is 10.0. The molecule has 0 saturated carbocycles. The Labute approximate surface area is 128 Å². The number of nitrogens with zero attached hydrogens (tertiary/aromatic N) is 1. The quantitative estimate of drug-likeness (QED) is 0.917. The van der Waals surface area contributed by atoms with Crippen LogP contribution in [0.4, 0.5) is 5.69 Å². The standard InChI is InChI=1S/C14H16N2O3S2/c1-16(2)13(17)10-11-5-7-12(8-6-11)15-21(18,19)14-4-3-9-20-14/h3-9,15H,10H2,1-2H3. The molecule has 0 aliphatic heterocycles. The van der Waals surface area contributed by atoms with Crippen molar-refractivity contribution in [3.8, 4) is 0 Å². The first kappa shape index (κ1) is 15.5. The van der Waals surface area contributed by atoms with Crippen molar-refractivity contribution in [3.05, 3.63) is 47.3 Å². The first-order valence-corrected chi connectivity index (χ1v) is 8.60. The zero-order valence-corrected chi connectivity index (χ0v) is 13.4. The van der Waals surface area contributed by atoms with Crippen molar-refractivity contribution in [2.75, 3.05) is 18.8 Å². The largest absolute Gasteiger partial charge is 0.349 e. The third-order valence-corrected chi connectivity index (χ3v) is 5.60. The van der Waals surface area contributed by atoms with Gasteiger partial charge in [-0.2, -0.15) is 0 Å². The lowest BCUT2D eigenvalue weighted by atomic mass is 10.1. The molecule has 7 heteroatoms. The molecule has 21 heavy (non-hydrogen) atoms. The van der Waals surface area contributed by atoms with Gasteiger partial charge in [0.25, 0.3) is 10.0 Å². The number of carbonyl (C=O) groups is 1. The van der Waals surface area contributed by atoms with E-state index in [0.717, 1.165) is 16.9 Å². The Hall–Kier alpha value is -1.86. The minimum Gasteiger partial charge on any atom is -0.349 e. The molecule has 5 nitrogen and oxygen atoms in total. The van der Waals surface area contributed by atoms with Crippen molar-refractivity contribution in [2.24, 2.45) is 0 Å². The van der Waals surface area contributed by atoms with Crippen molar-refractivity contribution >= 4 is 33.0 Å².